The van der Waals surface area contributed by atoms with Gasteiger partial charge >= 0.3 is 0 Å². The van der Waals surface area contributed by atoms with E-state index < -0.39 is 17.9 Å². The summed E-state index contributed by atoms with van der Waals surface area (Å²) in [7, 11) is 0. The van der Waals surface area contributed by atoms with Crippen LogP contribution in [-0.2, 0) is 20.9 Å². The third-order valence-corrected chi connectivity index (χ3v) is 3.58. The van der Waals surface area contributed by atoms with Crippen molar-refractivity contribution in [3.05, 3.63) is 72.4 Å². The molecule has 0 bridgehead atoms. The van der Waals surface area contributed by atoms with Crippen LogP contribution in [-0.4, -0.2) is 29.4 Å². The molecule has 1 aromatic carbocycles. The van der Waals surface area contributed by atoms with E-state index in [2.05, 4.69) is 25.0 Å². The van der Waals surface area contributed by atoms with Gasteiger partial charge in [-0.3, -0.25) is 14.5 Å². The maximum atomic E-state index is 12.3. The fourth-order valence-electron chi connectivity index (χ4n) is 2.38. The van der Waals surface area contributed by atoms with Crippen LogP contribution in [0.2, 0.25) is 0 Å². The van der Waals surface area contributed by atoms with Crippen LogP contribution in [0.4, 0.5) is 0 Å². The van der Waals surface area contributed by atoms with E-state index in [-0.39, 0.29) is 17.8 Å². The van der Waals surface area contributed by atoms with Crippen LogP contribution >= 0.6 is 0 Å². The van der Waals surface area contributed by atoms with Gasteiger partial charge in [-0.2, -0.15) is 0 Å². The van der Waals surface area contributed by atoms with E-state index in [1.54, 1.807) is 6.92 Å². The van der Waals surface area contributed by atoms with Crippen molar-refractivity contribution in [3.63, 3.8) is 0 Å². The molecule has 2 amide bonds. The van der Waals surface area contributed by atoms with Crippen LogP contribution in [0.5, 0.6) is 0 Å². The minimum Gasteiger partial charge on any atom is -0.364 e. The van der Waals surface area contributed by atoms with Crippen LogP contribution in [0.25, 0.3) is 0 Å². The molecular weight excluding hydrogens is 302 g/mol. The summed E-state index contributed by atoms with van der Waals surface area (Å²) in [5, 5.41) is 0. The molecule has 1 aliphatic heterocycles. The monoisotopic (exact) mass is 321 g/mol. The van der Waals surface area contributed by atoms with E-state index in [9.17, 15) is 9.59 Å². The maximum Gasteiger partial charge on any atom is 0.262 e. The van der Waals surface area contributed by atoms with E-state index in [1.807, 2.05) is 30.3 Å². The zero-order valence-corrected chi connectivity index (χ0v) is 13.6. The van der Waals surface area contributed by atoms with Crippen LogP contribution < -0.4 is 0 Å². The smallest absolute Gasteiger partial charge is 0.262 e. The van der Waals surface area contributed by atoms with Gasteiger partial charge in [0.25, 0.3) is 11.8 Å². The predicted octanol–water partition coefficient (Wildman–Crippen LogP) is 2.63. The van der Waals surface area contributed by atoms with Crippen molar-refractivity contribution in [2.75, 3.05) is 6.61 Å². The molecule has 1 heterocycles. The molecule has 0 fully saturated rings. The number of amides is 2. The molecule has 1 aliphatic rings. The molecule has 1 atom stereocenters. The van der Waals surface area contributed by atoms with Crippen molar-refractivity contribution >= 4 is 11.8 Å². The first-order chi connectivity index (χ1) is 11.6. The van der Waals surface area contributed by atoms with E-state index in [0.717, 1.165) is 10.5 Å². The second kappa shape index (κ2) is 8.09. The SMILES string of the molecule is C=CC1=C(C=C)C(=O)N(C(C)C#CCOCc2ccccc2)C1=O. The lowest BCUT2D eigenvalue weighted by atomic mass is 10.1. The van der Waals surface area contributed by atoms with E-state index >= 15 is 0 Å². The van der Waals surface area contributed by atoms with Crippen LogP contribution in [0.3, 0.4) is 0 Å². The van der Waals surface area contributed by atoms with Crippen molar-refractivity contribution in [3.8, 4) is 11.8 Å². The molecule has 0 aliphatic carbocycles. The molecule has 0 N–H and O–H groups in total. The highest BCUT2D eigenvalue weighted by atomic mass is 16.5. The molecule has 0 aromatic heterocycles. The quantitative estimate of drug-likeness (QED) is 0.460. The number of benzene rings is 1. The normalized spacial score (nSPS) is 15.1. The minimum absolute atomic E-state index is 0.228. The lowest BCUT2D eigenvalue weighted by Crippen LogP contribution is -2.38. The van der Waals surface area contributed by atoms with Crippen LogP contribution in [0.15, 0.2) is 66.8 Å². The molecular formula is C20H19NO3. The van der Waals surface area contributed by atoms with Gasteiger partial charge in [0.15, 0.2) is 0 Å². The number of carbonyl (C=O) groups is 2. The lowest BCUT2D eigenvalue weighted by Gasteiger charge is -2.18. The van der Waals surface area contributed by atoms with Gasteiger partial charge in [0.05, 0.1) is 23.8 Å². The predicted molar refractivity (Wildman–Crippen MR) is 92.6 cm³/mol. The summed E-state index contributed by atoms with van der Waals surface area (Å²) in [5.74, 6) is 4.94. The fourth-order valence-corrected chi connectivity index (χ4v) is 2.38. The summed E-state index contributed by atoms with van der Waals surface area (Å²) < 4.78 is 5.47. The van der Waals surface area contributed by atoms with Crippen molar-refractivity contribution in [1.82, 2.24) is 4.90 Å². The van der Waals surface area contributed by atoms with Gasteiger partial charge in [0.2, 0.25) is 0 Å². The third kappa shape index (κ3) is 3.70. The van der Waals surface area contributed by atoms with Crippen molar-refractivity contribution < 1.29 is 14.3 Å². The zero-order chi connectivity index (χ0) is 17.5. The number of hydrogen-bond acceptors (Lipinski definition) is 3. The Morgan fingerprint density at radius 1 is 1.12 bits per heavy atom. The van der Waals surface area contributed by atoms with E-state index in [0.29, 0.717) is 6.61 Å². The molecule has 24 heavy (non-hydrogen) atoms. The first-order valence-corrected chi connectivity index (χ1v) is 7.57. The fraction of sp³-hybridized carbons (Fsp3) is 0.200. The summed E-state index contributed by atoms with van der Waals surface area (Å²) in [4.78, 5) is 25.6. The Morgan fingerprint density at radius 2 is 1.71 bits per heavy atom. The molecule has 2 rings (SSSR count). The van der Waals surface area contributed by atoms with Crippen molar-refractivity contribution in [1.29, 1.82) is 0 Å². The number of hydrogen-bond donors (Lipinski definition) is 0. The van der Waals surface area contributed by atoms with Gasteiger partial charge < -0.3 is 4.74 Å². The van der Waals surface area contributed by atoms with E-state index in [4.69, 9.17) is 4.74 Å². The molecule has 122 valence electrons. The summed E-state index contributed by atoms with van der Waals surface area (Å²) in [6.07, 6.45) is 2.75. The Hall–Kier alpha value is -2.90. The first-order valence-electron chi connectivity index (χ1n) is 7.57. The highest BCUT2D eigenvalue weighted by Gasteiger charge is 2.37. The third-order valence-electron chi connectivity index (χ3n) is 3.58. The maximum absolute atomic E-state index is 12.3. The van der Waals surface area contributed by atoms with Gasteiger partial charge in [0.1, 0.15) is 6.61 Å². The second-order valence-corrected chi connectivity index (χ2v) is 5.19. The molecule has 0 saturated heterocycles. The molecule has 1 aromatic rings. The largest absolute Gasteiger partial charge is 0.364 e. The Kier molecular flexibility index (Phi) is 5.89. The first kappa shape index (κ1) is 17.5. The molecule has 0 radical (unpaired) electrons. The lowest BCUT2D eigenvalue weighted by molar-refractivity contribution is -0.138. The van der Waals surface area contributed by atoms with Gasteiger partial charge in [-0.05, 0) is 12.5 Å². The average molecular weight is 321 g/mol. The Labute approximate surface area is 142 Å². The van der Waals surface area contributed by atoms with Gasteiger partial charge in [-0.1, -0.05) is 67.5 Å². The number of imide groups is 1. The summed E-state index contributed by atoms with van der Waals surface area (Å²) in [6.45, 7) is 9.54. The Bertz CT molecular complexity index is 720. The molecule has 0 spiro atoms. The van der Waals surface area contributed by atoms with Gasteiger partial charge in [-0.25, -0.2) is 0 Å². The van der Waals surface area contributed by atoms with Crippen LogP contribution in [0.1, 0.15) is 12.5 Å². The standard InChI is InChI=1S/C20H19NO3/c1-4-17-18(5-2)20(23)21(19(17)22)15(3)10-9-13-24-14-16-11-7-6-8-12-16/h4-8,11-12,15H,1-2,13-14H2,3H3. The zero-order valence-electron chi connectivity index (χ0n) is 13.6. The van der Waals surface area contributed by atoms with Crippen LogP contribution in [0, 0.1) is 11.8 Å². The highest BCUT2D eigenvalue weighted by Crippen LogP contribution is 2.24. The van der Waals surface area contributed by atoms with Gasteiger partial charge in [-0.15, -0.1) is 0 Å². The van der Waals surface area contributed by atoms with E-state index in [1.165, 1.54) is 12.2 Å². The Morgan fingerprint density at radius 3 is 2.25 bits per heavy atom. The highest BCUT2D eigenvalue weighted by molar-refractivity contribution is 6.22. The average Bonchev–Trinajstić information content (AvgIpc) is 2.84. The van der Waals surface area contributed by atoms with Gasteiger partial charge in [0, 0.05) is 0 Å². The Balaban J connectivity index is 1.93. The number of ether oxygens (including phenoxy) is 1. The topological polar surface area (TPSA) is 46.6 Å². The van der Waals surface area contributed by atoms with Crippen molar-refractivity contribution in [2.45, 2.75) is 19.6 Å². The molecule has 4 nitrogen and oxygen atoms in total. The van der Waals surface area contributed by atoms with Crippen molar-refractivity contribution in [2.24, 2.45) is 0 Å². The molecule has 4 heteroatoms. The number of carbonyl (C=O) groups excluding carboxylic acids is 2. The minimum atomic E-state index is -0.544. The summed E-state index contributed by atoms with van der Waals surface area (Å²) >= 11 is 0. The second-order valence-electron chi connectivity index (χ2n) is 5.19. The number of rotatable bonds is 6. The molecule has 0 saturated carbocycles. The number of nitrogens with zero attached hydrogens (tertiary/aromatic N) is 1. The molecule has 1 unspecified atom stereocenters. The summed E-state index contributed by atoms with van der Waals surface area (Å²) in [6, 6.07) is 9.22. The summed E-state index contributed by atoms with van der Waals surface area (Å²) in [5.41, 5.74) is 1.60.